The number of hydrogen-bond donors (Lipinski definition) is 2. The van der Waals surface area contributed by atoms with Crippen molar-refractivity contribution in [1.82, 2.24) is 4.90 Å². The number of aryl methyl sites for hydroxylation is 1. The number of fused-ring (bicyclic) bond motifs is 1. The van der Waals surface area contributed by atoms with E-state index in [0.29, 0.717) is 23.7 Å². The van der Waals surface area contributed by atoms with Gasteiger partial charge in [-0.15, -0.1) is 0 Å². The van der Waals surface area contributed by atoms with Crippen molar-refractivity contribution in [2.75, 3.05) is 27.9 Å². The lowest BCUT2D eigenvalue weighted by molar-refractivity contribution is 0.174. The number of phenolic OH excluding ortho intramolecular Hbond substituents is 2. The second kappa shape index (κ2) is 9.63. The fourth-order valence-electron chi connectivity index (χ4n) is 4.73. The summed E-state index contributed by atoms with van der Waals surface area (Å²) in [6.07, 6.45) is 1.49. The molecule has 4 rings (SSSR count). The summed E-state index contributed by atoms with van der Waals surface area (Å²) in [7, 11) is 4.82. The second-order valence-corrected chi connectivity index (χ2v) is 8.50. The molecule has 6 nitrogen and oxygen atoms in total. The molecule has 174 valence electrons. The number of benzene rings is 3. The van der Waals surface area contributed by atoms with Gasteiger partial charge in [0.05, 0.1) is 21.3 Å². The van der Waals surface area contributed by atoms with E-state index in [1.165, 1.54) is 11.1 Å². The zero-order valence-electron chi connectivity index (χ0n) is 19.6. The Labute approximate surface area is 195 Å². The highest BCUT2D eigenvalue weighted by atomic mass is 16.5. The highest BCUT2D eigenvalue weighted by molar-refractivity contribution is 5.54. The van der Waals surface area contributed by atoms with E-state index < -0.39 is 0 Å². The fourth-order valence-corrected chi connectivity index (χ4v) is 4.73. The topological polar surface area (TPSA) is 71.4 Å². The molecule has 1 heterocycles. The van der Waals surface area contributed by atoms with Crippen LogP contribution in [-0.4, -0.2) is 43.0 Å². The van der Waals surface area contributed by atoms with Crippen LogP contribution in [0.1, 0.15) is 33.9 Å². The monoisotopic (exact) mass is 449 g/mol. The normalized spacial score (nSPS) is 15.7. The van der Waals surface area contributed by atoms with Gasteiger partial charge in [-0.2, -0.15) is 0 Å². The number of hydrogen-bond acceptors (Lipinski definition) is 6. The lowest BCUT2D eigenvalue weighted by atomic mass is 9.87. The van der Waals surface area contributed by atoms with Crippen molar-refractivity contribution < 1.29 is 24.4 Å². The number of phenols is 2. The van der Waals surface area contributed by atoms with E-state index in [-0.39, 0.29) is 17.5 Å². The van der Waals surface area contributed by atoms with Crippen molar-refractivity contribution >= 4 is 0 Å². The van der Waals surface area contributed by atoms with Crippen LogP contribution in [0, 0.1) is 6.92 Å². The smallest absolute Gasteiger partial charge is 0.203 e. The Kier molecular flexibility index (Phi) is 6.65. The molecule has 0 amide bonds. The Morgan fingerprint density at radius 3 is 2.21 bits per heavy atom. The maximum Gasteiger partial charge on any atom is 0.203 e. The summed E-state index contributed by atoms with van der Waals surface area (Å²) in [5.41, 5.74) is 5.59. The average Bonchev–Trinajstić information content (AvgIpc) is 2.81. The zero-order chi connectivity index (χ0) is 23.5. The van der Waals surface area contributed by atoms with E-state index in [1.807, 2.05) is 12.1 Å². The predicted molar refractivity (Wildman–Crippen MR) is 128 cm³/mol. The van der Waals surface area contributed by atoms with Crippen molar-refractivity contribution in [2.24, 2.45) is 0 Å². The first-order valence-corrected chi connectivity index (χ1v) is 11.1. The molecule has 0 radical (unpaired) electrons. The molecule has 0 aromatic heterocycles. The largest absolute Gasteiger partial charge is 0.504 e. The first kappa shape index (κ1) is 22.8. The molecule has 0 spiro atoms. The molecular formula is C27H31NO5. The maximum absolute atomic E-state index is 10.3. The molecule has 3 aromatic rings. The van der Waals surface area contributed by atoms with Gasteiger partial charge in [0, 0.05) is 19.1 Å². The molecule has 2 N–H and O–H groups in total. The summed E-state index contributed by atoms with van der Waals surface area (Å²) in [4.78, 5) is 2.43. The Morgan fingerprint density at radius 2 is 1.58 bits per heavy atom. The number of aromatic hydroxyl groups is 2. The molecular weight excluding hydrogens is 418 g/mol. The molecule has 0 bridgehead atoms. The van der Waals surface area contributed by atoms with Crippen LogP contribution < -0.4 is 14.2 Å². The summed E-state index contributed by atoms with van der Waals surface area (Å²) < 4.78 is 16.6. The number of nitrogens with zero attached hydrogens (tertiary/aromatic N) is 1. The average molecular weight is 450 g/mol. The highest BCUT2D eigenvalue weighted by Crippen LogP contribution is 2.42. The Bertz CT molecular complexity index is 1120. The van der Waals surface area contributed by atoms with E-state index in [1.54, 1.807) is 33.5 Å². The molecule has 0 saturated heterocycles. The van der Waals surface area contributed by atoms with E-state index in [2.05, 4.69) is 36.1 Å². The van der Waals surface area contributed by atoms with Crippen LogP contribution in [0.25, 0.3) is 0 Å². The minimum Gasteiger partial charge on any atom is -0.504 e. The SMILES string of the molecule is COc1cc(CC2c3cc(O)c(O)cc3CCN2Cc2cccc(C)c2)cc(OC)c1OC. The molecule has 3 aromatic carbocycles. The summed E-state index contributed by atoms with van der Waals surface area (Å²) >= 11 is 0. The van der Waals surface area contributed by atoms with Gasteiger partial charge in [0.1, 0.15) is 0 Å². The number of rotatable bonds is 7. The summed E-state index contributed by atoms with van der Waals surface area (Å²) in [5.74, 6) is 1.61. The molecule has 6 heteroatoms. The van der Waals surface area contributed by atoms with Gasteiger partial charge in [0.15, 0.2) is 23.0 Å². The maximum atomic E-state index is 10.3. The van der Waals surface area contributed by atoms with Crippen LogP contribution >= 0.6 is 0 Å². The summed E-state index contributed by atoms with van der Waals surface area (Å²) in [5, 5.41) is 20.3. The van der Waals surface area contributed by atoms with Gasteiger partial charge in [-0.1, -0.05) is 29.8 Å². The van der Waals surface area contributed by atoms with Gasteiger partial charge < -0.3 is 24.4 Å². The minimum absolute atomic E-state index is 0.00330. The first-order chi connectivity index (χ1) is 15.9. The Morgan fingerprint density at radius 1 is 0.879 bits per heavy atom. The third-order valence-electron chi connectivity index (χ3n) is 6.33. The van der Waals surface area contributed by atoms with E-state index in [4.69, 9.17) is 14.2 Å². The van der Waals surface area contributed by atoms with Gasteiger partial charge >= 0.3 is 0 Å². The third-order valence-corrected chi connectivity index (χ3v) is 6.33. The van der Waals surface area contributed by atoms with Gasteiger partial charge in [-0.3, -0.25) is 4.90 Å². The van der Waals surface area contributed by atoms with E-state index in [9.17, 15) is 10.2 Å². The fraction of sp³-hybridized carbons (Fsp3) is 0.333. The summed E-state index contributed by atoms with van der Waals surface area (Å²) in [6.45, 7) is 3.74. The second-order valence-electron chi connectivity index (χ2n) is 8.50. The van der Waals surface area contributed by atoms with Crippen LogP contribution in [-0.2, 0) is 19.4 Å². The van der Waals surface area contributed by atoms with Gasteiger partial charge in [-0.05, 0) is 66.3 Å². The van der Waals surface area contributed by atoms with Crippen molar-refractivity contribution in [3.63, 3.8) is 0 Å². The van der Waals surface area contributed by atoms with Crippen molar-refractivity contribution in [1.29, 1.82) is 0 Å². The van der Waals surface area contributed by atoms with Crippen LogP contribution in [0.3, 0.4) is 0 Å². The molecule has 0 fully saturated rings. The lowest BCUT2D eigenvalue weighted by Crippen LogP contribution is -2.36. The molecule has 1 aliphatic rings. The predicted octanol–water partition coefficient (Wildman–Crippen LogP) is 4.77. The molecule has 1 atom stereocenters. The van der Waals surface area contributed by atoms with Crippen LogP contribution in [0.2, 0.25) is 0 Å². The molecule has 0 aliphatic carbocycles. The summed E-state index contributed by atoms with van der Waals surface area (Å²) in [6, 6.07) is 15.9. The van der Waals surface area contributed by atoms with Gasteiger partial charge in [0.25, 0.3) is 0 Å². The molecule has 1 aliphatic heterocycles. The first-order valence-electron chi connectivity index (χ1n) is 11.1. The van der Waals surface area contributed by atoms with Crippen molar-refractivity contribution in [3.05, 3.63) is 76.3 Å². The minimum atomic E-state index is -0.0963. The van der Waals surface area contributed by atoms with Crippen LogP contribution in [0.5, 0.6) is 28.7 Å². The Hall–Kier alpha value is -3.38. The Balaban J connectivity index is 1.75. The standard InChI is InChI=1S/C27H31NO5/c1-17-6-5-7-18(10-17)16-28-9-8-20-14-23(29)24(30)15-21(20)22(28)11-19-12-25(31-2)27(33-4)26(13-19)32-3/h5-7,10,12-15,22,29-30H,8-9,11,16H2,1-4H3. The lowest BCUT2D eigenvalue weighted by Gasteiger charge is -2.38. The van der Waals surface area contributed by atoms with E-state index in [0.717, 1.165) is 36.2 Å². The van der Waals surface area contributed by atoms with Crippen molar-refractivity contribution in [3.8, 4) is 28.7 Å². The van der Waals surface area contributed by atoms with Gasteiger partial charge in [0.2, 0.25) is 5.75 Å². The van der Waals surface area contributed by atoms with Gasteiger partial charge in [-0.25, -0.2) is 0 Å². The number of methoxy groups -OCH3 is 3. The molecule has 1 unspecified atom stereocenters. The van der Waals surface area contributed by atoms with Crippen LogP contribution in [0.15, 0.2) is 48.5 Å². The van der Waals surface area contributed by atoms with E-state index >= 15 is 0 Å². The highest BCUT2D eigenvalue weighted by Gasteiger charge is 2.30. The van der Waals surface area contributed by atoms with Crippen molar-refractivity contribution in [2.45, 2.75) is 32.4 Å². The molecule has 33 heavy (non-hydrogen) atoms. The quantitative estimate of drug-likeness (QED) is 0.506. The van der Waals surface area contributed by atoms with Crippen LogP contribution in [0.4, 0.5) is 0 Å². The number of ether oxygens (including phenoxy) is 3. The third kappa shape index (κ3) is 4.71. The molecule has 0 saturated carbocycles. The zero-order valence-corrected chi connectivity index (χ0v) is 19.6.